The Balaban J connectivity index is 2.98. The summed E-state index contributed by atoms with van der Waals surface area (Å²) in [6, 6.07) is 3.69. The lowest BCUT2D eigenvalue weighted by molar-refractivity contribution is -0.122. The van der Waals surface area contributed by atoms with Gasteiger partial charge in [-0.1, -0.05) is 45.0 Å². The first-order valence-corrected chi connectivity index (χ1v) is 7.41. The number of anilines is 1. The second kappa shape index (κ2) is 7.33. The molecule has 0 unspecified atom stereocenters. The second-order valence-corrected chi connectivity index (χ2v) is 5.56. The lowest BCUT2D eigenvalue weighted by Gasteiger charge is -2.30. The predicted octanol–water partition coefficient (Wildman–Crippen LogP) is 3.20. The number of nitrogens with two attached hydrogens (primary N) is 1. The van der Waals surface area contributed by atoms with E-state index in [1.807, 2.05) is 26.8 Å². The zero-order valence-electron chi connectivity index (χ0n) is 12.4. The maximum Gasteiger partial charge on any atom is 0.238 e. The van der Waals surface area contributed by atoms with Gasteiger partial charge in [-0.15, -0.1) is 0 Å². The van der Waals surface area contributed by atoms with Crippen LogP contribution in [0.4, 0.5) is 5.82 Å². The molecule has 4 nitrogen and oxygen atoms in total. The summed E-state index contributed by atoms with van der Waals surface area (Å²) in [4.78, 5) is 17.1. The third kappa shape index (κ3) is 3.76. The van der Waals surface area contributed by atoms with Gasteiger partial charge in [-0.2, -0.15) is 0 Å². The van der Waals surface area contributed by atoms with E-state index in [1.165, 1.54) is 0 Å². The number of aromatic nitrogens is 1. The molecule has 0 fully saturated rings. The molecule has 0 aliphatic rings. The number of rotatable bonds is 7. The van der Waals surface area contributed by atoms with Crippen molar-refractivity contribution in [3.05, 3.63) is 23.9 Å². The van der Waals surface area contributed by atoms with E-state index in [0.717, 1.165) is 18.4 Å². The Morgan fingerprint density at radius 3 is 2.35 bits per heavy atom. The molecule has 0 bridgehead atoms. The molecule has 0 saturated heterocycles. The van der Waals surface area contributed by atoms with Crippen LogP contribution in [0.25, 0.3) is 0 Å². The van der Waals surface area contributed by atoms with E-state index in [0.29, 0.717) is 18.7 Å². The molecular weight excluding hydrogens is 270 g/mol. The Bertz CT molecular complexity index is 465. The minimum absolute atomic E-state index is 0.148. The van der Waals surface area contributed by atoms with Gasteiger partial charge >= 0.3 is 0 Å². The highest BCUT2D eigenvalue weighted by Gasteiger charge is 2.39. The Labute approximate surface area is 126 Å². The Morgan fingerprint density at radius 1 is 1.35 bits per heavy atom. The number of nitrogens with zero attached hydrogens (tertiary/aromatic N) is 1. The molecule has 1 aromatic heterocycles. The summed E-state index contributed by atoms with van der Waals surface area (Å²) < 4.78 is 0. The maximum absolute atomic E-state index is 12.6. The van der Waals surface area contributed by atoms with Crippen molar-refractivity contribution in [1.82, 2.24) is 4.98 Å². The first kappa shape index (κ1) is 16.6. The van der Waals surface area contributed by atoms with Crippen molar-refractivity contribution in [2.45, 2.75) is 46.5 Å². The predicted molar refractivity (Wildman–Crippen MR) is 86.6 cm³/mol. The van der Waals surface area contributed by atoms with E-state index in [1.54, 1.807) is 12.3 Å². The fraction of sp³-hybridized carbons (Fsp3) is 0.533. The zero-order valence-corrected chi connectivity index (χ0v) is 13.2. The highest BCUT2D eigenvalue weighted by atomic mass is 32.1. The summed E-state index contributed by atoms with van der Waals surface area (Å²) in [6.45, 7) is 6.01. The largest absolute Gasteiger partial charge is 0.392 e. The SMILES string of the molecule is CCCC(CCC)(C(=O)Nc1ccc(C)cn1)C(N)=S. The number of carbonyl (C=O) groups excluding carboxylic acids is 1. The number of nitrogens with one attached hydrogen (secondary N) is 1. The van der Waals surface area contributed by atoms with Gasteiger partial charge in [-0.05, 0) is 31.4 Å². The van der Waals surface area contributed by atoms with Crippen LogP contribution in [0.3, 0.4) is 0 Å². The van der Waals surface area contributed by atoms with Crippen molar-refractivity contribution in [2.75, 3.05) is 5.32 Å². The first-order chi connectivity index (χ1) is 9.46. The van der Waals surface area contributed by atoms with E-state index >= 15 is 0 Å². The molecule has 0 aromatic carbocycles. The Hall–Kier alpha value is -1.49. The average Bonchev–Trinajstić information content (AvgIpc) is 2.40. The van der Waals surface area contributed by atoms with Crippen molar-refractivity contribution in [3.63, 3.8) is 0 Å². The number of hydrogen-bond acceptors (Lipinski definition) is 3. The van der Waals surface area contributed by atoms with E-state index in [9.17, 15) is 4.79 Å². The van der Waals surface area contributed by atoms with Gasteiger partial charge < -0.3 is 11.1 Å². The lowest BCUT2D eigenvalue weighted by atomic mass is 9.78. The van der Waals surface area contributed by atoms with Crippen LogP contribution in [0.2, 0.25) is 0 Å². The summed E-state index contributed by atoms with van der Waals surface area (Å²) in [7, 11) is 0. The second-order valence-electron chi connectivity index (χ2n) is 5.12. The van der Waals surface area contributed by atoms with E-state index < -0.39 is 5.41 Å². The molecule has 0 radical (unpaired) electrons. The smallest absolute Gasteiger partial charge is 0.238 e. The van der Waals surface area contributed by atoms with Crippen LogP contribution in [-0.4, -0.2) is 15.9 Å². The van der Waals surface area contributed by atoms with Gasteiger partial charge in [0.1, 0.15) is 5.82 Å². The highest BCUT2D eigenvalue weighted by Crippen LogP contribution is 2.32. The Morgan fingerprint density at radius 2 is 1.95 bits per heavy atom. The fourth-order valence-corrected chi connectivity index (χ4v) is 2.64. The molecule has 1 rings (SSSR count). The molecule has 3 N–H and O–H groups in total. The molecule has 1 heterocycles. The van der Waals surface area contributed by atoms with Crippen molar-refractivity contribution in [2.24, 2.45) is 11.1 Å². The molecule has 0 atom stereocenters. The number of thiocarbonyl (C=S) groups is 1. The molecular formula is C15H23N3OS. The van der Waals surface area contributed by atoms with Crippen LogP contribution in [0.15, 0.2) is 18.3 Å². The monoisotopic (exact) mass is 293 g/mol. The molecule has 0 spiro atoms. The van der Waals surface area contributed by atoms with E-state index in [4.69, 9.17) is 18.0 Å². The van der Waals surface area contributed by atoms with Crippen molar-refractivity contribution < 1.29 is 4.79 Å². The molecule has 0 aliphatic carbocycles. The lowest BCUT2D eigenvalue weighted by Crippen LogP contribution is -2.46. The third-order valence-corrected chi connectivity index (χ3v) is 3.80. The summed E-state index contributed by atoms with van der Waals surface area (Å²) in [5.74, 6) is 0.387. The molecule has 1 amide bonds. The zero-order chi connectivity index (χ0) is 15.2. The average molecular weight is 293 g/mol. The van der Waals surface area contributed by atoms with Crippen molar-refractivity contribution in [3.8, 4) is 0 Å². The quantitative estimate of drug-likeness (QED) is 0.758. The van der Waals surface area contributed by atoms with Crippen LogP contribution >= 0.6 is 12.2 Å². The molecule has 0 saturated carbocycles. The van der Waals surface area contributed by atoms with Gasteiger partial charge in [-0.3, -0.25) is 4.79 Å². The standard InChI is InChI=1S/C15H23N3OS/c1-4-8-15(9-5-2,13(16)20)14(19)18-12-7-6-11(3)10-17-12/h6-7,10H,4-5,8-9H2,1-3H3,(H2,16,20)(H,17,18,19). The molecule has 1 aromatic rings. The highest BCUT2D eigenvalue weighted by molar-refractivity contribution is 7.80. The minimum atomic E-state index is -0.772. The van der Waals surface area contributed by atoms with Crippen molar-refractivity contribution >= 4 is 28.9 Å². The number of aryl methyl sites for hydroxylation is 1. The summed E-state index contributed by atoms with van der Waals surface area (Å²) in [6.07, 6.45) is 4.75. The van der Waals surface area contributed by atoms with Gasteiger partial charge in [0.2, 0.25) is 5.91 Å². The number of amides is 1. The third-order valence-electron chi connectivity index (χ3n) is 3.41. The normalized spacial score (nSPS) is 11.2. The number of hydrogen-bond donors (Lipinski definition) is 2. The molecule has 0 aliphatic heterocycles. The maximum atomic E-state index is 12.6. The van der Waals surface area contributed by atoms with Gasteiger partial charge in [0, 0.05) is 6.20 Å². The van der Waals surface area contributed by atoms with Crippen LogP contribution in [0.5, 0.6) is 0 Å². The van der Waals surface area contributed by atoms with Crippen LogP contribution < -0.4 is 11.1 Å². The van der Waals surface area contributed by atoms with E-state index in [2.05, 4.69) is 10.3 Å². The molecule has 5 heteroatoms. The van der Waals surface area contributed by atoms with Crippen LogP contribution in [0.1, 0.15) is 45.1 Å². The Kier molecular flexibility index (Phi) is 6.07. The van der Waals surface area contributed by atoms with Crippen LogP contribution in [0, 0.1) is 12.3 Å². The van der Waals surface area contributed by atoms with Gasteiger partial charge in [-0.25, -0.2) is 4.98 Å². The van der Waals surface area contributed by atoms with Gasteiger partial charge in [0.05, 0.1) is 10.4 Å². The van der Waals surface area contributed by atoms with Crippen molar-refractivity contribution in [1.29, 1.82) is 0 Å². The summed E-state index contributed by atoms with van der Waals surface area (Å²) >= 11 is 5.17. The molecule has 20 heavy (non-hydrogen) atoms. The van der Waals surface area contributed by atoms with E-state index in [-0.39, 0.29) is 10.9 Å². The topological polar surface area (TPSA) is 68.0 Å². The first-order valence-electron chi connectivity index (χ1n) is 7.00. The summed E-state index contributed by atoms with van der Waals surface area (Å²) in [5, 5.41) is 2.84. The van der Waals surface area contributed by atoms with Gasteiger partial charge in [0.25, 0.3) is 0 Å². The fourth-order valence-electron chi connectivity index (χ4n) is 2.34. The van der Waals surface area contributed by atoms with Crippen LogP contribution in [-0.2, 0) is 4.79 Å². The minimum Gasteiger partial charge on any atom is -0.392 e. The molecule has 110 valence electrons. The van der Waals surface area contributed by atoms with Gasteiger partial charge in [0.15, 0.2) is 0 Å². The number of carbonyl (C=O) groups is 1. The summed E-state index contributed by atoms with van der Waals surface area (Å²) in [5.41, 5.74) is 6.15. The number of pyridine rings is 1.